The van der Waals surface area contributed by atoms with Crippen LogP contribution in [0.1, 0.15) is 19.4 Å². The summed E-state index contributed by atoms with van der Waals surface area (Å²) in [5, 5.41) is 0. The van der Waals surface area contributed by atoms with E-state index in [2.05, 4.69) is 32.1 Å². The molecule has 0 atom stereocenters. The molecule has 1 aromatic rings. The van der Waals surface area contributed by atoms with E-state index in [0.717, 1.165) is 3.93 Å². The summed E-state index contributed by atoms with van der Waals surface area (Å²) in [5.74, 6) is 0. The minimum absolute atomic E-state index is 0.414. The van der Waals surface area contributed by atoms with E-state index in [4.69, 9.17) is 11.6 Å². The molecule has 13 heavy (non-hydrogen) atoms. The number of rotatable bonds is 3. The van der Waals surface area contributed by atoms with E-state index in [1.165, 1.54) is 5.56 Å². The van der Waals surface area contributed by atoms with E-state index in [1.807, 2.05) is 18.2 Å². The van der Waals surface area contributed by atoms with Crippen LogP contribution in [0.25, 0.3) is 6.08 Å². The van der Waals surface area contributed by atoms with Crippen LogP contribution in [-0.4, -0.2) is 15.0 Å². The molecule has 0 N–H and O–H groups in total. The Balaban J connectivity index is 2.66. The number of hydrogen-bond donors (Lipinski definition) is 0. The Labute approximate surface area is 91.2 Å². The number of hydrogen-bond acceptors (Lipinski definition) is 0. The molecule has 0 heterocycles. The Morgan fingerprint density at radius 3 is 2.46 bits per heavy atom. The van der Waals surface area contributed by atoms with Crippen molar-refractivity contribution in [3.8, 4) is 0 Å². The predicted octanol–water partition coefficient (Wildman–Crippen LogP) is 3.76. The third-order valence-corrected chi connectivity index (χ3v) is 3.71. The van der Waals surface area contributed by atoms with Crippen molar-refractivity contribution < 1.29 is 0 Å². The topological polar surface area (TPSA) is 0 Å². The maximum absolute atomic E-state index is 6.10. The van der Waals surface area contributed by atoms with E-state index in [0.29, 0.717) is 19.8 Å². The van der Waals surface area contributed by atoms with Gasteiger partial charge in [-0.25, -0.2) is 0 Å². The molecule has 0 saturated carbocycles. The average Bonchev–Trinajstić information content (AvgIpc) is 2.04. The van der Waals surface area contributed by atoms with Crippen LogP contribution in [0.3, 0.4) is 0 Å². The van der Waals surface area contributed by atoms with Crippen LogP contribution in [0.15, 0.2) is 34.3 Å². The standard InChI is InChI=1S/C11H13ClSe/c1-9(2)13-11(12)8-10-6-4-3-5-7-10/h3-9H,1-2H3/b11-8+. The molecule has 0 aliphatic rings. The van der Waals surface area contributed by atoms with Crippen LogP contribution < -0.4 is 0 Å². The summed E-state index contributed by atoms with van der Waals surface area (Å²) in [4.78, 5) is 0.681. The second kappa shape index (κ2) is 5.49. The second-order valence-electron chi connectivity index (χ2n) is 3.03. The molecule has 0 saturated heterocycles. The fourth-order valence-electron chi connectivity index (χ4n) is 0.939. The molecule has 0 radical (unpaired) electrons. The van der Waals surface area contributed by atoms with E-state index in [-0.39, 0.29) is 0 Å². The molecule has 0 nitrogen and oxygen atoms in total. The Morgan fingerprint density at radius 1 is 1.31 bits per heavy atom. The van der Waals surface area contributed by atoms with Gasteiger partial charge >= 0.3 is 91.1 Å². The van der Waals surface area contributed by atoms with E-state index in [1.54, 1.807) is 0 Å². The molecule has 0 amide bonds. The van der Waals surface area contributed by atoms with Gasteiger partial charge in [-0.15, -0.1) is 0 Å². The summed E-state index contributed by atoms with van der Waals surface area (Å²) in [5.41, 5.74) is 1.19. The van der Waals surface area contributed by atoms with Gasteiger partial charge in [-0.3, -0.25) is 0 Å². The normalized spacial score (nSPS) is 12.2. The molecule has 0 aliphatic carbocycles. The van der Waals surface area contributed by atoms with Gasteiger partial charge in [-0.2, -0.15) is 0 Å². The Bertz CT molecular complexity index is 277. The fraction of sp³-hybridized carbons (Fsp3) is 0.273. The molecule has 0 unspecified atom stereocenters. The quantitative estimate of drug-likeness (QED) is 0.725. The average molecular weight is 260 g/mol. The number of benzene rings is 1. The van der Waals surface area contributed by atoms with Crippen molar-refractivity contribution >= 4 is 32.6 Å². The van der Waals surface area contributed by atoms with Crippen LogP contribution >= 0.6 is 11.6 Å². The monoisotopic (exact) mass is 260 g/mol. The third-order valence-electron chi connectivity index (χ3n) is 1.43. The van der Waals surface area contributed by atoms with Crippen LogP contribution in [-0.2, 0) is 0 Å². The Kier molecular flexibility index (Phi) is 4.58. The summed E-state index contributed by atoms with van der Waals surface area (Å²) in [7, 11) is 0. The van der Waals surface area contributed by atoms with Gasteiger partial charge in [0, 0.05) is 0 Å². The SMILES string of the molecule is CC(C)[Se]/C(Cl)=C/c1ccccc1. The molecule has 2 heteroatoms. The van der Waals surface area contributed by atoms with Crippen LogP contribution in [0, 0.1) is 0 Å². The van der Waals surface area contributed by atoms with E-state index in [9.17, 15) is 0 Å². The molecule has 0 aromatic heterocycles. The molecule has 1 rings (SSSR count). The van der Waals surface area contributed by atoms with Crippen molar-refractivity contribution in [3.63, 3.8) is 0 Å². The molecule has 0 bridgehead atoms. The van der Waals surface area contributed by atoms with E-state index >= 15 is 0 Å². The van der Waals surface area contributed by atoms with Crippen LogP contribution in [0.2, 0.25) is 4.82 Å². The molecule has 70 valence electrons. The van der Waals surface area contributed by atoms with Crippen molar-refractivity contribution in [2.45, 2.75) is 18.7 Å². The summed E-state index contributed by atoms with van der Waals surface area (Å²) in [6, 6.07) is 10.2. The first kappa shape index (κ1) is 10.8. The number of halogens is 1. The van der Waals surface area contributed by atoms with Crippen LogP contribution in [0.5, 0.6) is 0 Å². The Morgan fingerprint density at radius 2 is 1.92 bits per heavy atom. The van der Waals surface area contributed by atoms with Crippen molar-refractivity contribution in [3.05, 3.63) is 39.8 Å². The molecular formula is C11H13ClSe. The molecular weight excluding hydrogens is 247 g/mol. The molecule has 0 fully saturated rings. The van der Waals surface area contributed by atoms with Gasteiger partial charge in [0.1, 0.15) is 0 Å². The van der Waals surface area contributed by atoms with E-state index < -0.39 is 0 Å². The zero-order chi connectivity index (χ0) is 9.68. The first-order chi connectivity index (χ1) is 6.18. The summed E-state index contributed by atoms with van der Waals surface area (Å²) >= 11 is 6.51. The van der Waals surface area contributed by atoms with Gasteiger partial charge in [0.2, 0.25) is 0 Å². The molecule has 0 spiro atoms. The van der Waals surface area contributed by atoms with Gasteiger partial charge in [-0.1, -0.05) is 0 Å². The van der Waals surface area contributed by atoms with Gasteiger partial charge in [0.05, 0.1) is 0 Å². The zero-order valence-electron chi connectivity index (χ0n) is 7.83. The van der Waals surface area contributed by atoms with Crippen molar-refractivity contribution in [2.24, 2.45) is 0 Å². The minimum atomic E-state index is 0.414. The van der Waals surface area contributed by atoms with Crippen molar-refractivity contribution in [2.75, 3.05) is 0 Å². The summed E-state index contributed by atoms with van der Waals surface area (Å²) < 4.78 is 0.994. The second-order valence-corrected chi connectivity index (χ2v) is 7.34. The van der Waals surface area contributed by atoms with Crippen molar-refractivity contribution in [1.82, 2.24) is 0 Å². The van der Waals surface area contributed by atoms with Gasteiger partial charge in [-0.05, 0) is 0 Å². The van der Waals surface area contributed by atoms with Crippen LogP contribution in [0.4, 0.5) is 0 Å². The maximum atomic E-state index is 6.10. The molecule has 0 aliphatic heterocycles. The van der Waals surface area contributed by atoms with Gasteiger partial charge in [0.25, 0.3) is 0 Å². The fourth-order valence-corrected chi connectivity index (χ4v) is 3.36. The Hall–Kier alpha value is -0.231. The predicted molar refractivity (Wildman–Crippen MR) is 61.1 cm³/mol. The zero-order valence-corrected chi connectivity index (χ0v) is 10.3. The van der Waals surface area contributed by atoms with Crippen molar-refractivity contribution in [1.29, 1.82) is 0 Å². The summed E-state index contributed by atoms with van der Waals surface area (Å²) in [6.07, 6.45) is 2.06. The molecule has 1 aromatic carbocycles. The summed E-state index contributed by atoms with van der Waals surface area (Å²) in [6.45, 7) is 4.39. The first-order valence-electron chi connectivity index (χ1n) is 4.27. The van der Waals surface area contributed by atoms with Gasteiger partial charge < -0.3 is 0 Å². The first-order valence-corrected chi connectivity index (χ1v) is 6.50. The third kappa shape index (κ3) is 4.52. The van der Waals surface area contributed by atoms with Gasteiger partial charge in [0.15, 0.2) is 0 Å².